The second-order valence-corrected chi connectivity index (χ2v) is 7.56. The molecule has 3 aromatic rings. The van der Waals surface area contributed by atoms with Crippen LogP contribution >= 0.6 is 0 Å². The largest absolute Gasteiger partial charge is 0.480 e. The summed E-state index contributed by atoms with van der Waals surface area (Å²) >= 11 is 0. The van der Waals surface area contributed by atoms with Crippen LogP contribution in [0.1, 0.15) is 48.1 Å². The van der Waals surface area contributed by atoms with Gasteiger partial charge < -0.3 is 15.3 Å². The first-order valence-corrected chi connectivity index (χ1v) is 10.1. The first-order valence-electron chi connectivity index (χ1n) is 10.1. The van der Waals surface area contributed by atoms with Crippen molar-refractivity contribution in [1.29, 1.82) is 0 Å². The third-order valence-corrected chi connectivity index (χ3v) is 5.66. The first-order chi connectivity index (χ1) is 14.9. The number of aromatic nitrogens is 2. The summed E-state index contributed by atoms with van der Waals surface area (Å²) in [5, 5.41) is 15.9. The van der Waals surface area contributed by atoms with Crippen LogP contribution in [0.25, 0.3) is 5.52 Å². The molecule has 7 nitrogen and oxygen atoms in total. The van der Waals surface area contributed by atoms with Gasteiger partial charge in [-0.25, -0.2) is 18.1 Å². The highest BCUT2D eigenvalue weighted by atomic mass is 19.1. The van der Waals surface area contributed by atoms with Crippen LogP contribution in [0.2, 0.25) is 0 Å². The van der Waals surface area contributed by atoms with Gasteiger partial charge in [-0.1, -0.05) is 6.92 Å². The molecule has 1 fully saturated rings. The zero-order valence-corrected chi connectivity index (χ0v) is 16.9. The summed E-state index contributed by atoms with van der Waals surface area (Å²) in [4.78, 5) is 25.9. The molecule has 0 radical (unpaired) electrons. The molecule has 4 rings (SSSR count). The number of carbonyl (C=O) groups excluding carboxylic acids is 1. The molecule has 1 aliphatic heterocycles. The molecule has 0 saturated carbocycles. The highest BCUT2D eigenvalue weighted by molar-refractivity contribution is 6.02. The summed E-state index contributed by atoms with van der Waals surface area (Å²) in [5.41, 5.74) is 1.80. The lowest BCUT2D eigenvalue weighted by molar-refractivity contribution is -0.139. The average molecular weight is 428 g/mol. The number of fused-ring (bicyclic) bond motifs is 1. The van der Waals surface area contributed by atoms with Crippen LogP contribution in [-0.4, -0.2) is 39.2 Å². The van der Waals surface area contributed by atoms with Crippen molar-refractivity contribution in [2.45, 2.75) is 38.3 Å². The highest BCUT2D eigenvalue weighted by Crippen LogP contribution is 2.38. The number of hydrogen-bond acceptors (Lipinski definition) is 4. The van der Waals surface area contributed by atoms with Gasteiger partial charge >= 0.3 is 5.97 Å². The summed E-state index contributed by atoms with van der Waals surface area (Å²) in [6.07, 6.45) is 4.81. The number of carboxylic acid groups (broad SMARTS) is 1. The number of anilines is 1. The zero-order valence-electron chi connectivity index (χ0n) is 16.9. The van der Waals surface area contributed by atoms with Crippen LogP contribution in [0, 0.1) is 11.6 Å². The molecule has 0 bridgehead atoms. The number of pyridine rings is 1. The van der Waals surface area contributed by atoms with Gasteiger partial charge in [0.25, 0.3) is 5.91 Å². The molecule has 3 heterocycles. The fourth-order valence-corrected chi connectivity index (χ4v) is 4.07. The molecule has 1 aromatic carbocycles. The minimum atomic E-state index is -1.11. The van der Waals surface area contributed by atoms with E-state index in [1.165, 1.54) is 16.8 Å². The Bertz CT molecular complexity index is 1150. The van der Waals surface area contributed by atoms with Crippen molar-refractivity contribution < 1.29 is 23.5 Å². The Morgan fingerprint density at radius 1 is 1.29 bits per heavy atom. The lowest BCUT2D eigenvalue weighted by Crippen LogP contribution is -2.40. The Balaban J connectivity index is 1.67. The standard InChI is InChI=1S/C22H22F2N4O3/c1-2-18(22(30)31)26-21(29)16-12-25-28-9-7-14(11-20(16)28)27-8-3-4-19(27)15-10-13(23)5-6-17(15)24/h5-7,9-12,18-19H,2-4,8H2,1H3,(H,26,29)(H,30,31). The summed E-state index contributed by atoms with van der Waals surface area (Å²) in [5.74, 6) is -2.58. The molecular weight excluding hydrogens is 406 g/mol. The molecule has 31 heavy (non-hydrogen) atoms. The summed E-state index contributed by atoms with van der Waals surface area (Å²) < 4.78 is 29.7. The lowest BCUT2D eigenvalue weighted by Gasteiger charge is -2.27. The third kappa shape index (κ3) is 3.95. The third-order valence-electron chi connectivity index (χ3n) is 5.66. The van der Waals surface area contributed by atoms with Crippen molar-refractivity contribution in [2.24, 2.45) is 0 Å². The van der Waals surface area contributed by atoms with Crippen LogP contribution in [0.15, 0.2) is 42.7 Å². The first kappa shape index (κ1) is 20.8. The maximum atomic E-state index is 14.4. The van der Waals surface area contributed by atoms with Gasteiger partial charge in [0.1, 0.15) is 17.7 Å². The van der Waals surface area contributed by atoms with Gasteiger partial charge in [-0.3, -0.25) is 4.79 Å². The van der Waals surface area contributed by atoms with E-state index >= 15 is 0 Å². The van der Waals surface area contributed by atoms with Crippen molar-refractivity contribution in [3.05, 3.63) is 65.5 Å². The second-order valence-electron chi connectivity index (χ2n) is 7.56. The molecule has 0 spiro atoms. The molecule has 9 heteroatoms. The van der Waals surface area contributed by atoms with Crippen LogP contribution < -0.4 is 10.2 Å². The molecule has 2 atom stereocenters. The Hall–Kier alpha value is -3.49. The number of aliphatic carboxylic acids is 1. The smallest absolute Gasteiger partial charge is 0.326 e. The Labute approximate surface area is 177 Å². The Morgan fingerprint density at radius 2 is 2.10 bits per heavy atom. The summed E-state index contributed by atoms with van der Waals surface area (Å²) in [6, 6.07) is 5.71. The molecule has 162 valence electrons. The topological polar surface area (TPSA) is 86.9 Å². The van der Waals surface area contributed by atoms with Crippen molar-refractivity contribution in [3.8, 4) is 0 Å². The fraction of sp³-hybridized carbons (Fsp3) is 0.318. The number of rotatable bonds is 6. The quantitative estimate of drug-likeness (QED) is 0.627. The maximum Gasteiger partial charge on any atom is 0.326 e. The van der Waals surface area contributed by atoms with E-state index in [9.17, 15) is 23.5 Å². The van der Waals surface area contributed by atoms with Gasteiger partial charge in [-0.2, -0.15) is 5.10 Å². The monoisotopic (exact) mass is 428 g/mol. The second kappa shape index (κ2) is 8.33. The van der Waals surface area contributed by atoms with E-state index in [0.717, 1.165) is 24.2 Å². The number of benzene rings is 1. The number of nitrogens with zero attached hydrogens (tertiary/aromatic N) is 3. The molecular formula is C22H22F2N4O3. The number of amides is 1. The van der Waals surface area contributed by atoms with Gasteiger partial charge in [0.2, 0.25) is 0 Å². The molecule has 0 aliphatic carbocycles. The predicted molar refractivity (Wildman–Crippen MR) is 110 cm³/mol. The average Bonchev–Trinajstić information content (AvgIpc) is 3.40. The van der Waals surface area contributed by atoms with Gasteiger partial charge in [-0.15, -0.1) is 0 Å². The number of halogens is 2. The molecule has 1 aliphatic rings. The van der Waals surface area contributed by atoms with E-state index in [-0.39, 0.29) is 18.0 Å². The molecule has 2 N–H and O–H groups in total. The van der Waals surface area contributed by atoms with Crippen LogP contribution in [0.4, 0.5) is 14.5 Å². The zero-order chi connectivity index (χ0) is 22.1. The van der Waals surface area contributed by atoms with Gasteiger partial charge in [0, 0.05) is 24.0 Å². The van der Waals surface area contributed by atoms with Crippen molar-refractivity contribution in [3.63, 3.8) is 0 Å². The highest BCUT2D eigenvalue weighted by Gasteiger charge is 2.29. The van der Waals surface area contributed by atoms with Gasteiger partial charge in [0.15, 0.2) is 0 Å². The van der Waals surface area contributed by atoms with E-state index in [0.29, 0.717) is 24.0 Å². The molecule has 2 unspecified atom stereocenters. The lowest BCUT2D eigenvalue weighted by atomic mass is 10.0. The maximum absolute atomic E-state index is 14.4. The van der Waals surface area contributed by atoms with E-state index < -0.39 is 29.6 Å². The van der Waals surface area contributed by atoms with Crippen molar-refractivity contribution >= 4 is 23.1 Å². The van der Waals surface area contributed by atoms with Gasteiger partial charge in [-0.05, 0) is 49.6 Å². The Morgan fingerprint density at radius 3 is 2.84 bits per heavy atom. The minimum Gasteiger partial charge on any atom is -0.480 e. The van der Waals surface area contributed by atoms with Crippen LogP contribution in [-0.2, 0) is 4.79 Å². The summed E-state index contributed by atoms with van der Waals surface area (Å²) in [7, 11) is 0. The van der Waals surface area contributed by atoms with Crippen LogP contribution in [0.3, 0.4) is 0 Å². The van der Waals surface area contributed by atoms with E-state index in [2.05, 4.69) is 10.4 Å². The van der Waals surface area contributed by atoms with E-state index in [1.807, 2.05) is 11.0 Å². The number of nitrogens with one attached hydrogen (secondary N) is 1. The number of carboxylic acids is 1. The molecule has 1 amide bonds. The SMILES string of the molecule is CCC(NC(=O)c1cnn2ccc(N3CCCC3c3cc(F)ccc3F)cc12)C(=O)O. The number of hydrogen-bond donors (Lipinski definition) is 2. The van der Waals surface area contributed by atoms with E-state index in [1.54, 1.807) is 19.2 Å². The van der Waals surface area contributed by atoms with Crippen molar-refractivity contribution in [2.75, 3.05) is 11.4 Å². The van der Waals surface area contributed by atoms with Crippen LogP contribution in [0.5, 0.6) is 0 Å². The molecule has 2 aromatic heterocycles. The van der Waals surface area contributed by atoms with Crippen molar-refractivity contribution in [1.82, 2.24) is 14.9 Å². The Kier molecular flexibility index (Phi) is 5.58. The number of carbonyl (C=O) groups is 2. The predicted octanol–water partition coefficient (Wildman–Crippen LogP) is 3.55. The normalized spacial score (nSPS) is 17.1. The summed E-state index contributed by atoms with van der Waals surface area (Å²) in [6.45, 7) is 2.33. The fourth-order valence-electron chi connectivity index (χ4n) is 4.07. The molecule has 1 saturated heterocycles. The van der Waals surface area contributed by atoms with Gasteiger partial charge in [0.05, 0.1) is 23.3 Å². The minimum absolute atomic E-state index is 0.245. The van der Waals surface area contributed by atoms with E-state index in [4.69, 9.17) is 0 Å².